The van der Waals surface area contributed by atoms with E-state index in [-0.39, 0.29) is 6.42 Å². The molecule has 25 heavy (non-hydrogen) atoms. The minimum absolute atomic E-state index is 0.229. The maximum absolute atomic E-state index is 12.3. The van der Waals surface area contributed by atoms with Gasteiger partial charge in [0.15, 0.2) is 0 Å². The largest absolute Gasteiger partial charge is 0.427 e. The van der Waals surface area contributed by atoms with Gasteiger partial charge in [0.05, 0.1) is 0 Å². The molecule has 0 radical (unpaired) electrons. The molecular weight excluding hydrogens is 344 g/mol. The lowest BCUT2D eigenvalue weighted by Crippen LogP contribution is -2.45. The summed E-state index contributed by atoms with van der Waals surface area (Å²) >= 11 is 5.92. The Bertz CT molecular complexity index is 790. The maximum atomic E-state index is 12.3. The third-order valence-electron chi connectivity index (χ3n) is 3.36. The molecule has 0 bridgehead atoms. The average molecular weight is 361 g/mol. The Hall–Kier alpha value is -2.86. The number of amides is 2. The summed E-state index contributed by atoms with van der Waals surface area (Å²) in [5.74, 6) is -1.23. The van der Waals surface area contributed by atoms with E-state index in [2.05, 4.69) is 5.32 Å². The Labute approximate surface area is 149 Å². The monoisotopic (exact) mass is 360 g/mol. The molecule has 130 valence electrons. The van der Waals surface area contributed by atoms with Crippen molar-refractivity contribution in [1.82, 2.24) is 5.32 Å². The highest BCUT2D eigenvalue weighted by molar-refractivity contribution is 6.30. The first kappa shape index (κ1) is 18.5. The number of carbonyl (C=O) groups is 3. The zero-order valence-corrected chi connectivity index (χ0v) is 14.2. The fourth-order valence-corrected chi connectivity index (χ4v) is 2.42. The van der Waals surface area contributed by atoms with Crippen LogP contribution in [0.15, 0.2) is 48.5 Å². The summed E-state index contributed by atoms with van der Waals surface area (Å²) in [7, 11) is 0. The van der Waals surface area contributed by atoms with Crippen molar-refractivity contribution in [2.75, 3.05) is 0 Å². The van der Waals surface area contributed by atoms with Crippen LogP contribution in [0.5, 0.6) is 5.75 Å². The topological polar surface area (TPSA) is 98.5 Å². The lowest BCUT2D eigenvalue weighted by molar-refractivity contribution is -0.131. The molecule has 0 saturated carbocycles. The van der Waals surface area contributed by atoms with E-state index in [1.807, 2.05) is 0 Å². The number of hydrogen-bond donors (Lipinski definition) is 2. The van der Waals surface area contributed by atoms with E-state index in [9.17, 15) is 14.4 Å². The standard InChI is InChI=1S/C18H17ClN2O4/c1-11(22)25-15-7-5-13(6-8-15)18(24)21-16(17(20)23)10-12-3-2-4-14(19)9-12/h2-9,16H,10H2,1H3,(H2,20,23)(H,21,24)/t16-/m1/s1. The zero-order valence-electron chi connectivity index (χ0n) is 13.5. The van der Waals surface area contributed by atoms with Gasteiger partial charge in [-0.3, -0.25) is 14.4 Å². The third kappa shape index (κ3) is 5.61. The molecule has 0 aromatic heterocycles. The average Bonchev–Trinajstić information content (AvgIpc) is 2.54. The van der Waals surface area contributed by atoms with Gasteiger partial charge in [0, 0.05) is 23.9 Å². The molecular formula is C18H17ClN2O4. The van der Waals surface area contributed by atoms with Crippen molar-refractivity contribution in [3.05, 3.63) is 64.7 Å². The van der Waals surface area contributed by atoms with Gasteiger partial charge in [-0.05, 0) is 42.0 Å². The van der Waals surface area contributed by atoms with Crippen molar-refractivity contribution in [3.63, 3.8) is 0 Å². The molecule has 0 fully saturated rings. The van der Waals surface area contributed by atoms with Crippen molar-refractivity contribution in [2.24, 2.45) is 5.73 Å². The van der Waals surface area contributed by atoms with Crippen molar-refractivity contribution in [3.8, 4) is 5.75 Å². The van der Waals surface area contributed by atoms with Crippen LogP contribution in [0.3, 0.4) is 0 Å². The molecule has 7 heteroatoms. The van der Waals surface area contributed by atoms with Crippen LogP contribution >= 0.6 is 11.6 Å². The van der Waals surface area contributed by atoms with Gasteiger partial charge < -0.3 is 15.8 Å². The van der Waals surface area contributed by atoms with E-state index < -0.39 is 23.8 Å². The van der Waals surface area contributed by atoms with Crippen LogP contribution in [0.4, 0.5) is 0 Å². The zero-order chi connectivity index (χ0) is 18.4. The van der Waals surface area contributed by atoms with Crippen LogP contribution in [0.25, 0.3) is 0 Å². The first-order valence-electron chi connectivity index (χ1n) is 7.48. The predicted molar refractivity (Wildman–Crippen MR) is 93.4 cm³/mol. The van der Waals surface area contributed by atoms with Crippen LogP contribution in [0.2, 0.25) is 5.02 Å². The Morgan fingerprint density at radius 2 is 1.84 bits per heavy atom. The molecule has 0 spiro atoms. The van der Waals surface area contributed by atoms with Gasteiger partial charge in [0.25, 0.3) is 5.91 Å². The van der Waals surface area contributed by atoms with Crippen molar-refractivity contribution in [1.29, 1.82) is 0 Å². The Morgan fingerprint density at radius 3 is 2.40 bits per heavy atom. The molecule has 3 N–H and O–H groups in total. The van der Waals surface area contributed by atoms with Crippen LogP contribution in [-0.4, -0.2) is 23.8 Å². The smallest absolute Gasteiger partial charge is 0.308 e. The van der Waals surface area contributed by atoms with Gasteiger partial charge in [-0.25, -0.2) is 0 Å². The Kier molecular flexibility index (Phi) is 6.14. The number of carbonyl (C=O) groups excluding carboxylic acids is 3. The molecule has 0 unspecified atom stereocenters. The summed E-state index contributed by atoms with van der Waals surface area (Å²) in [6, 6.07) is 12.1. The molecule has 2 aromatic rings. The molecule has 0 aliphatic rings. The highest BCUT2D eigenvalue weighted by Gasteiger charge is 2.19. The second-order valence-corrected chi connectivity index (χ2v) is 5.82. The summed E-state index contributed by atoms with van der Waals surface area (Å²) in [5.41, 5.74) is 6.48. The van der Waals surface area contributed by atoms with Gasteiger partial charge in [-0.1, -0.05) is 23.7 Å². The van der Waals surface area contributed by atoms with E-state index in [4.69, 9.17) is 22.1 Å². The van der Waals surface area contributed by atoms with Gasteiger partial charge in [-0.2, -0.15) is 0 Å². The Balaban J connectivity index is 2.07. The van der Waals surface area contributed by atoms with Crippen LogP contribution in [0.1, 0.15) is 22.8 Å². The third-order valence-corrected chi connectivity index (χ3v) is 3.59. The molecule has 0 aliphatic carbocycles. The summed E-state index contributed by atoms with van der Waals surface area (Å²) < 4.78 is 4.90. The first-order chi connectivity index (χ1) is 11.8. The van der Waals surface area contributed by atoms with E-state index in [1.165, 1.54) is 31.2 Å². The number of rotatable bonds is 6. The molecule has 2 rings (SSSR count). The second kappa shape index (κ2) is 8.30. The van der Waals surface area contributed by atoms with Crippen LogP contribution in [-0.2, 0) is 16.0 Å². The minimum atomic E-state index is -0.876. The van der Waals surface area contributed by atoms with Crippen molar-refractivity contribution in [2.45, 2.75) is 19.4 Å². The quantitative estimate of drug-likeness (QED) is 0.608. The van der Waals surface area contributed by atoms with Gasteiger partial charge in [-0.15, -0.1) is 0 Å². The van der Waals surface area contributed by atoms with Crippen LogP contribution < -0.4 is 15.8 Å². The Morgan fingerprint density at radius 1 is 1.16 bits per heavy atom. The molecule has 0 aliphatic heterocycles. The number of esters is 1. The summed E-state index contributed by atoms with van der Waals surface area (Å²) in [5, 5.41) is 3.13. The van der Waals surface area contributed by atoms with E-state index in [0.717, 1.165) is 5.56 Å². The number of nitrogens with one attached hydrogen (secondary N) is 1. The number of primary amides is 1. The first-order valence-corrected chi connectivity index (χ1v) is 7.86. The SMILES string of the molecule is CC(=O)Oc1ccc(C(=O)N[C@H](Cc2cccc(Cl)c2)C(N)=O)cc1. The highest BCUT2D eigenvalue weighted by Crippen LogP contribution is 2.14. The number of hydrogen-bond acceptors (Lipinski definition) is 4. The molecule has 6 nitrogen and oxygen atoms in total. The summed E-state index contributed by atoms with van der Waals surface area (Å²) in [4.78, 5) is 34.8. The lowest BCUT2D eigenvalue weighted by Gasteiger charge is -2.16. The predicted octanol–water partition coefficient (Wildman–Crippen LogP) is 2.09. The van der Waals surface area contributed by atoms with E-state index in [0.29, 0.717) is 16.3 Å². The minimum Gasteiger partial charge on any atom is -0.427 e. The van der Waals surface area contributed by atoms with Crippen LogP contribution in [0, 0.1) is 0 Å². The van der Waals surface area contributed by atoms with Crippen molar-refractivity contribution < 1.29 is 19.1 Å². The maximum Gasteiger partial charge on any atom is 0.308 e. The number of benzene rings is 2. The number of nitrogens with two attached hydrogens (primary N) is 1. The number of halogens is 1. The molecule has 0 heterocycles. The van der Waals surface area contributed by atoms with Gasteiger partial charge in [0.1, 0.15) is 11.8 Å². The molecule has 0 saturated heterocycles. The van der Waals surface area contributed by atoms with Crippen molar-refractivity contribution >= 4 is 29.4 Å². The second-order valence-electron chi connectivity index (χ2n) is 5.38. The number of ether oxygens (including phenoxy) is 1. The summed E-state index contributed by atoms with van der Waals surface area (Å²) in [6.07, 6.45) is 0.229. The van der Waals surface area contributed by atoms with Gasteiger partial charge in [0.2, 0.25) is 5.91 Å². The molecule has 1 atom stereocenters. The van der Waals surface area contributed by atoms with E-state index in [1.54, 1.807) is 24.3 Å². The van der Waals surface area contributed by atoms with Gasteiger partial charge >= 0.3 is 5.97 Å². The fourth-order valence-electron chi connectivity index (χ4n) is 2.20. The fraction of sp³-hybridized carbons (Fsp3) is 0.167. The normalized spacial score (nSPS) is 11.4. The molecule has 2 aromatic carbocycles. The summed E-state index contributed by atoms with van der Waals surface area (Å²) in [6.45, 7) is 1.29. The molecule has 2 amide bonds. The highest BCUT2D eigenvalue weighted by atomic mass is 35.5. The lowest BCUT2D eigenvalue weighted by atomic mass is 10.0. The van der Waals surface area contributed by atoms with E-state index >= 15 is 0 Å².